The number of sulfonamides is 1. The van der Waals surface area contributed by atoms with Crippen molar-refractivity contribution in [3.05, 3.63) is 18.2 Å². The van der Waals surface area contributed by atoms with E-state index in [0.717, 1.165) is 19.3 Å². The summed E-state index contributed by atoms with van der Waals surface area (Å²) in [5.74, 6) is 0.809. The van der Waals surface area contributed by atoms with Crippen molar-refractivity contribution in [1.29, 1.82) is 0 Å². The second-order valence-corrected chi connectivity index (χ2v) is 7.92. The Balaban J connectivity index is 2.27. The topological polar surface area (TPSA) is 64.6 Å². The van der Waals surface area contributed by atoms with Crippen LogP contribution in [0.1, 0.15) is 33.1 Å². The molecule has 1 aliphatic rings. The van der Waals surface area contributed by atoms with Gasteiger partial charge in [0.2, 0.25) is 10.0 Å². The minimum absolute atomic E-state index is 0.0269. The van der Waals surface area contributed by atoms with Gasteiger partial charge in [-0.15, -0.1) is 0 Å². The van der Waals surface area contributed by atoms with Crippen LogP contribution in [0.3, 0.4) is 0 Å². The Labute approximate surface area is 126 Å². The Kier molecular flexibility index (Phi) is 4.49. The third-order valence-electron chi connectivity index (χ3n) is 3.95. The van der Waals surface area contributed by atoms with Gasteiger partial charge in [0.15, 0.2) is 0 Å². The van der Waals surface area contributed by atoms with E-state index in [4.69, 9.17) is 9.47 Å². The van der Waals surface area contributed by atoms with Gasteiger partial charge in [0.25, 0.3) is 0 Å². The number of methoxy groups -OCH3 is 2. The largest absolute Gasteiger partial charge is 0.497 e. The maximum absolute atomic E-state index is 12.6. The van der Waals surface area contributed by atoms with Gasteiger partial charge in [-0.3, -0.25) is 0 Å². The summed E-state index contributed by atoms with van der Waals surface area (Å²) in [6, 6.07) is 4.74. The number of hydrogen-bond acceptors (Lipinski definition) is 4. The highest BCUT2D eigenvalue weighted by atomic mass is 32.2. The Hall–Kier alpha value is -1.27. The van der Waals surface area contributed by atoms with Gasteiger partial charge in [-0.05, 0) is 36.8 Å². The zero-order chi connectivity index (χ0) is 15.7. The SMILES string of the molecule is COc1ccc(OC)c(S(=O)(=O)NC2CCC(C)(C)C2)c1. The third-order valence-corrected chi connectivity index (χ3v) is 5.49. The maximum atomic E-state index is 12.6. The molecular weight excluding hydrogens is 290 g/mol. The van der Waals surface area contributed by atoms with E-state index in [1.165, 1.54) is 20.3 Å². The molecule has 1 unspecified atom stereocenters. The van der Waals surface area contributed by atoms with Crippen molar-refractivity contribution in [2.75, 3.05) is 14.2 Å². The lowest BCUT2D eigenvalue weighted by atomic mass is 9.92. The lowest BCUT2D eigenvalue weighted by Gasteiger charge is -2.18. The minimum atomic E-state index is -3.62. The van der Waals surface area contributed by atoms with Gasteiger partial charge in [0, 0.05) is 12.1 Å². The first-order valence-electron chi connectivity index (χ1n) is 7.02. The second-order valence-electron chi connectivity index (χ2n) is 6.24. The number of hydrogen-bond donors (Lipinski definition) is 1. The van der Waals surface area contributed by atoms with Crippen molar-refractivity contribution < 1.29 is 17.9 Å². The van der Waals surface area contributed by atoms with Gasteiger partial charge in [0.05, 0.1) is 14.2 Å². The molecule has 0 radical (unpaired) electrons. The molecule has 0 saturated heterocycles. The highest BCUT2D eigenvalue weighted by Gasteiger charge is 2.34. The van der Waals surface area contributed by atoms with Crippen LogP contribution in [0.15, 0.2) is 23.1 Å². The lowest BCUT2D eigenvalue weighted by molar-refractivity contribution is 0.372. The molecule has 1 atom stereocenters. The highest BCUT2D eigenvalue weighted by Crippen LogP contribution is 2.38. The van der Waals surface area contributed by atoms with Crippen LogP contribution in [0.4, 0.5) is 0 Å². The van der Waals surface area contributed by atoms with Crippen molar-refractivity contribution in [3.63, 3.8) is 0 Å². The van der Waals surface area contributed by atoms with Crippen molar-refractivity contribution in [2.45, 2.75) is 44.0 Å². The fourth-order valence-electron chi connectivity index (χ4n) is 2.81. The van der Waals surface area contributed by atoms with Crippen molar-refractivity contribution in [2.24, 2.45) is 5.41 Å². The molecule has 0 bridgehead atoms. The van der Waals surface area contributed by atoms with E-state index in [1.807, 2.05) is 0 Å². The second kappa shape index (κ2) is 5.85. The molecule has 0 spiro atoms. The Morgan fingerprint density at radius 3 is 2.48 bits per heavy atom. The molecular formula is C15H23NO4S. The summed E-state index contributed by atoms with van der Waals surface area (Å²) in [5, 5.41) is 0. The van der Waals surface area contributed by atoms with Gasteiger partial charge < -0.3 is 9.47 Å². The van der Waals surface area contributed by atoms with Crippen LogP contribution in [-0.4, -0.2) is 28.7 Å². The highest BCUT2D eigenvalue weighted by molar-refractivity contribution is 7.89. The summed E-state index contributed by atoms with van der Waals surface area (Å²) in [5.41, 5.74) is 0.186. The first-order chi connectivity index (χ1) is 9.77. The quantitative estimate of drug-likeness (QED) is 0.907. The maximum Gasteiger partial charge on any atom is 0.244 e. The molecule has 118 valence electrons. The van der Waals surface area contributed by atoms with Gasteiger partial charge in [-0.1, -0.05) is 13.8 Å². The standard InChI is InChI=1S/C15H23NO4S/c1-15(2)8-7-11(10-15)16-21(17,18)14-9-12(19-3)5-6-13(14)20-4/h5-6,9,11,16H,7-8,10H2,1-4H3. The molecule has 1 aliphatic carbocycles. The third kappa shape index (κ3) is 3.68. The molecule has 1 aromatic rings. The Bertz CT molecular complexity index is 610. The van der Waals surface area contributed by atoms with Crippen molar-refractivity contribution in [1.82, 2.24) is 4.72 Å². The zero-order valence-corrected chi connectivity index (χ0v) is 13.8. The summed E-state index contributed by atoms with van der Waals surface area (Å²) in [4.78, 5) is 0.119. The van der Waals surface area contributed by atoms with Crippen LogP contribution in [-0.2, 0) is 10.0 Å². The average molecular weight is 313 g/mol. The van der Waals surface area contributed by atoms with E-state index in [9.17, 15) is 8.42 Å². The summed E-state index contributed by atoms with van der Waals surface area (Å²) < 4.78 is 38.3. The number of rotatable bonds is 5. The van der Waals surface area contributed by atoms with E-state index in [0.29, 0.717) is 11.5 Å². The van der Waals surface area contributed by atoms with Gasteiger partial charge in [-0.25, -0.2) is 13.1 Å². The normalized spacial score (nSPS) is 21.2. The monoisotopic (exact) mass is 313 g/mol. The Morgan fingerprint density at radius 1 is 1.24 bits per heavy atom. The van der Waals surface area contributed by atoms with Crippen LogP contribution >= 0.6 is 0 Å². The van der Waals surface area contributed by atoms with Crippen LogP contribution < -0.4 is 14.2 Å². The fraction of sp³-hybridized carbons (Fsp3) is 0.600. The molecule has 6 heteroatoms. The van der Waals surface area contributed by atoms with Gasteiger partial charge in [0.1, 0.15) is 16.4 Å². The number of nitrogens with one attached hydrogen (secondary N) is 1. The van der Waals surface area contributed by atoms with Crippen LogP contribution in [0, 0.1) is 5.41 Å². The first-order valence-corrected chi connectivity index (χ1v) is 8.50. The van der Waals surface area contributed by atoms with Gasteiger partial charge in [-0.2, -0.15) is 0 Å². The van der Waals surface area contributed by atoms with Gasteiger partial charge >= 0.3 is 0 Å². The summed E-state index contributed by atoms with van der Waals surface area (Å²) in [7, 11) is -0.661. The fourth-order valence-corrected chi connectivity index (χ4v) is 4.27. The van der Waals surface area contributed by atoms with Crippen LogP contribution in [0.25, 0.3) is 0 Å². The van der Waals surface area contributed by atoms with Crippen molar-refractivity contribution >= 4 is 10.0 Å². The summed E-state index contributed by atoms with van der Waals surface area (Å²) in [6.07, 6.45) is 2.73. The van der Waals surface area contributed by atoms with E-state index < -0.39 is 10.0 Å². The molecule has 0 aliphatic heterocycles. The number of benzene rings is 1. The molecule has 2 rings (SSSR count). The van der Waals surface area contributed by atoms with E-state index >= 15 is 0 Å². The first kappa shape index (κ1) is 16.1. The lowest BCUT2D eigenvalue weighted by Crippen LogP contribution is -2.33. The van der Waals surface area contributed by atoms with E-state index in [-0.39, 0.29) is 16.4 Å². The Morgan fingerprint density at radius 2 is 1.95 bits per heavy atom. The van der Waals surface area contributed by atoms with Crippen LogP contribution in [0.2, 0.25) is 0 Å². The average Bonchev–Trinajstić information content (AvgIpc) is 2.76. The van der Waals surface area contributed by atoms with E-state index in [1.54, 1.807) is 12.1 Å². The molecule has 1 N–H and O–H groups in total. The molecule has 0 amide bonds. The zero-order valence-electron chi connectivity index (χ0n) is 13.0. The molecule has 1 saturated carbocycles. The smallest absolute Gasteiger partial charge is 0.244 e. The summed E-state index contributed by atoms with van der Waals surface area (Å²) in [6.45, 7) is 4.32. The minimum Gasteiger partial charge on any atom is -0.497 e. The number of ether oxygens (including phenoxy) is 2. The predicted molar refractivity (Wildman–Crippen MR) is 81.3 cm³/mol. The molecule has 1 fully saturated rings. The molecule has 1 aromatic carbocycles. The molecule has 5 nitrogen and oxygen atoms in total. The van der Waals surface area contributed by atoms with E-state index in [2.05, 4.69) is 18.6 Å². The molecule has 21 heavy (non-hydrogen) atoms. The summed E-state index contributed by atoms with van der Waals surface area (Å²) >= 11 is 0. The van der Waals surface area contributed by atoms with Crippen LogP contribution in [0.5, 0.6) is 11.5 Å². The molecule has 0 heterocycles. The molecule has 0 aromatic heterocycles. The van der Waals surface area contributed by atoms with Crippen molar-refractivity contribution in [3.8, 4) is 11.5 Å². The predicted octanol–water partition coefficient (Wildman–Crippen LogP) is 2.56.